The van der Waals surface area contributed by atoms with Gasteiger partial charge < -0.3 is 9.42 Å². The first-order valence-corrected chi connectivity index (χ1v) is 18.2. The highest BCUT2D eigenvalue weighted by Gasteiger charge is 2.36. The molecule has 1 rings (SSSR count). The molecule has 1 aliphatic rings. The maximum atomic E-state index is 12.1. The first-order chi connectivity index (χ1) is 15.9. The molecule has 1 aliphatic carbocycles. The Morgan fingerprint density at radius 1 is 0.788 bits per heavy atom. The Kier molecular flexibility index (Phi) is 18.8. The molecule has 33 heavy (non-hydrogen) atoms. The lowest BCUT2D eigenvalue weighted by Gasteiger charge is -2.14. The smallest absolute Gasteiger partial charge is 0.211 e. The summed E-state index contributed by atoms with van der Waals surface area (Å²) in [6.07, 6.45) is 23.5. The standard InChI is InChI=1S/C25H52NO4PS2/c1-2-3-4-5-6-7-8-9-10-11-12-13-16-19-24-33(28,29)26-22-17-14-15-18-23-30-31(27,32)25-20-21-25/h25-26H,2-24H2,1H3,(H,27,32). The lowest BCUT2D eigenvalue weighted by Crippen LogP contribution is -2.27. The van der Waals surface area contributed by atoms with E-state index in [1.807, 2.05) is 0 Å². The number of hydrogen-bond donors (Lipinski definition) is 2. The monoisotopic (exact) mass is 525 g/mol. The second-order valence-electron chi connectivity index (χ2n) is 9.85. The van der Waals surface area contributed by atoms with Crippen molar-refractivity contribution in [3.63, 3.8) is 0 Å². The van der Waals surface area contributed by atoms with Crippen molar-refractivity contribution in [1.29, 1.82) is 0 Å². The van der Waals surface area contributed by atoms with Crippen molar-refractivity contribution < 1.29 is 17.8 Å². The van der Waals surface area contributed by atoms with Gasteiger partial charge in [0, 0.05) is 12.2 Å². The highest BCUT2D eigenvalue weighted by Crippen LogP contribution is 2.58. The number of nitrogens with one attached hydrogen (secondary N) is 1. The van der Waals surface area contributed by atoms with E-state index in [9.17, 15) is 13.3 Å². The molecule has 2 N–H and O–H groups in total. The van der Waals surface area contributed by atoms with E-state index in [-0.39, 0.29) is 11.4 Å². The molecule has 0 bridgehead atoms. The van der Waals surface area contributed by atoms with Crippen molar-refractivity contribution in [2.24, 2.45) is 0 Å². The SMILES string of the molecule is CCCCCCCCCCCCCCCCS(=O)(=O)NCCCCCCOP(O)(=S)C1CC1. The molecule has 1 fully saturated rings. The maximum Gasteiger partial charge on any atom is 0.211 e. The third kappa shape index (κ3) is 19.4. The highest BCUT2D eigenvalue weighted by molar-refractivity contribution is 8.09. The van der Waals surface area contributed by atoms with E-state index in [4.69, 9.17) is 16.3 Å². The van der Waals surface area contributed by atoms with Gasteiger partial charge in [-0.05, 0) is 43.9 Å². The molecular weight excluding hydrogens is 473 g/mol. The Hall–Kier alpha value is 0.480. The van der Waals surface area contributed by atoms with Crippen LogP contribution in [0.3, 0.4) is 0 Å². The van der Waals surface area contributed by atoms with Crippen LogP contribution in [-0.2, 0) is 26.4 Å². The second-order valence-corrected chi connectivity index (χ2v) is 15.5. The molecule has 0 spiro atoms. The summed E-state index contributed by atoms with van der Waals surface area (Å²) >= 11 is 5.16. The van der Waals surface area contributed by atoms with Gasteiger partial charge in [0.05, 0.1) is 12.4 Å². The molecule has 0 aromatic carbocycles. The average molecular weight is 526 g/mol. The zero-order valence-corrected chi connectivity index (χ0v) is 23.8. The van der Waals surface area contributed by atoms with Crippen LogP contribution < -0.4 is 4.72 Å². The molecule has 1 atom stereocenters. The molecule has 0 aromatic rings. The molecule has 1 unspecified atom stereocenters. The number of rotatable bonds is 25. The largest absolute Gasteiger partial charge is 0.345 e. The fourth-order valence-electron chi connectivity index (χ4n) is 4.07. The number of unbranched alkanes of at least 4 members (excludes halogenated alkanes) is 16. The highest BCUT2D eigenvalue weighted by atomic mass is 32.5. The van der Waals surface area contributed by atoms with Crippen LogP contribution in [0.5, 0.6) is 0 Å². The summed E-state index contributed by atoms with van der Waals surface area (Å²) in [5.41, 5.74) is 0.238. The first-order valence-electron chi connectivity index (χ1n) is 13.8. The van der Waals surface area contributed by atoms with Crippen LogP contribution in [0.25, 0.3) is 0 Å². The van der Waals surface area contributed by atoms with E-state index in [1.165, 1.54) is 70.6 Å². The quantitative estimate of drug-likeness (QED) is 0.0957. The second kappa shape index (κ2) is 19.6. The fourth-order valence-corrected chi connectivity index (χ4v) is 7.51. The summed E-state index contributed by atoms with van der Waals surface area (Å²) in [5.74, 6) is 0.251. The molecule has 0 aromatic heterocycles. The van der Waals surface area contributed by atoms with Gasteiger partial charge in [-0.25, -0.2) is 13.1 Å². The third-order valence-electron chi connectivity index (χ3n) is 6.44. The summed E-state index contributed by atoms with van der Waals surface area (Å²) in [6.45, 7) is 0.777. The Morgan fingerprint density at radius 2 is 1.24 bits per heavy atom. The maximum absolute atomic E-state index is 12.1. The van der Waals surface area contributed by atoms with Crippen LogP contribution in [0.2, 0.25) is 0 Å². The molecule has 198 valence electrons. The summed E-state index contributed by atoms with van der Waals surface area (Å²) in [7, 11) is -3.13. The predicted octanol–water partition coefficient (Wildman–Crippen LogP) is 7.43. The Bertz CT molecular complexity index is 612. The molecule has 0 amide bonds. The van der Waals surface area contributed by atoms with Crippen LogP contribution in [0.15, 0.2) is 0 Å². The minimum Gasteiger partial charge on any atom is -0.345 e. The van der Waals surface area contributed by atoms with Gasteiger partial charge in [-0.1, -0.05) is 103 Å². The van der Waals surface area contributed by atoms with Crippen molar-refractivity contribution >= 4 is 28.3 Å². The zero-order chi connectivity index (χ0) is 24.3. The molecule has 8 heteroatoms. The van der Waals surface area contributed by atoms with Gasteiger partial charge in [-0.3, -0.25) is 0 Å². The van der Waals surface area contributed by atoms with Crippen LogP contribution in [0.1, 0.15) is 135 Å². The average Bonchev–Trinajstić information content (AvgIpc) is 3.62. The summed E-state index contributed by atoms with van der Waals surface area (Å²) in [5, 5.41) is 0. The molecule has 1 saturated carbocycles. The van der Waals surface area contributed by atoms with E-state index in [0.29, 0.717) is 13.2 Å². The summed E-state index contributed by atoms with van der Waals surface area (Å²) in [6, 6.07) is 0. The van der Waals surface area contributed by atoms with Crippen LogP contribution in [0, 0.1) is 0 Å². The van der Waals surface area contributed by atoms with Crippen molar-refractivity contribution in [3.8, 4) is 0 Å². The van der Waals surface area contributed by atoms with Gasteiger partial charge in [-0.15, -0.1) is 0 Å². The predicted molar refractivity (Wildman–Crippen MR) is 146 cm³/mol. The summed E-state index contributed by atoms with van der Waals surface area (Å²) < 4.78 is 32.4. The molecular formula is C25H52NO4PS2. The third-order valence-corrected chi connectivity index (χ3v) is 11.1. The van der Waals surface area contributed by atoms with Crippen molar-refractivity contribution in [1.82, 2.24) is 4.72 Å². The summed E-state index contributed by atoms with van der Waals surface area (Å²) in [4.78, 5) is 10.0. The first kappa shape index (κ1) is 31.5. The van der Waals surface area contributed by atoms with Crippen LogP contribution in [-0.4, -0.2) is 37.9 Å². The molecule has 0 radical (unpaired) electrons. The van der Waals surface area contributed by atoms with E-state index < -0.39 is 16.5 Å². The van der Waals surface area contributed by atoms with E-state index in [0.717, 1.165) is 57.8 Å². The zero-order valence-electron chi connectivity index (χ0n) is 21.3. The van der Waals surface area contributed by atoms with E-state index >= 15 is 0 Å². The fraction of sp³-hybridized carbons (Fsp3) is 1.00. The van der Waals surface area contributed by atoms with Gasteiger partial charge >= 0.3 is 0 Å². The Morgan fingerprint density at radius 3 is 1.76 bits per heavy atom. The van der Waals surface area contributed by atoms with Gasteiger partial charge in [0.15, 0.2) is 6.49 Å². The van der Waals surface area contributed by atoms with Crippen LogP contribution >= 0.6 is 6.49 Å². The lowest BCUT2D eigenvalue weighted by atomic mass is 10.0. The molecule has 5 nitrogen and oxygen atoms in total. The normalized spacial score (nSPS) is 16.2. The minimum atomic E-state index is -3.13. The number of hydrogen-bond acceptors (Lipinski definition) is 4. The van der Waals surface area contributed by atoms with Crippen molar-refractivity contribution in [2.45, 2.75) is 141 Å². The molecule has 0 saturated heterocycles. The van der Waals surface area contributed by atoms with E-state index in [1.54, 1.807) is 0 Å². The van der Waals surface area contributed by atoms with Gasteiger partial charge in [0.25, 0.3) is 0 Å². The molecule has 0 aliphatic heterocycles. The Balaban J connectivity index is 1.81. The van der Waals surface area contributed by atoms with Gasteiger partial charge in [0.2, 0.25) is 10.0 Å². The van der Waals surface area contributed by atoms with Crippen LogP contribution in [0.4, 0.5) is 0 Å². The minimum absolute atomic E-state index is 0.238. The Labute approximate surface area is 210 Å². The van der Waals surface area contributed by atoms with Crippen molar-refractivity contribution in [3.05, 3.63) is 0 Å². The topological polar surface area (TPSA) is 75.6 Å². The lowest BCUT2D eigenvalue weighted by molar-refractivity contribution is 0.295. The molecule has 0 heterocycles. The van der Waals surface area contributed by atoms with Crippen molar-refractivity contribution in [2.75, 3.05) is 18.9 Å². The van der Waals surface area contributed by atoms with Gasteiger partial charge in [-0.2, -0.15) is 0 Å². The van der Waals surface area contributed by atoms with E-state index in [2.05, 4.69) is 11.6 Å². The van der Waals surface area contributed by atoms with Gasteiger partial charge in [0.1, 0.15) is 0 Å². The number of sulfonamides is 1.